The Morgan fingerprint density at radius 1 is 0.964 bits per heavy atom. The van der Waals surface area contributed by atoms with E-state index in [4.69, 9.17) is 0 Å². The number of aliphatic carboxylic acids is 2. The molecule has 1 aromatic rings. The number of carbonyl (C=O) groups is 2. The van der Waals surface area contributed by atoms with Crippen LogP contribution in [0.5, 0.6) is 0 Å². The summed E-state index contributed by atoms with van der Waals surface area (Å²) in [5, 5.41) is 19.1. The Balaban J connectivity index is 2.25. The minimum absolute atomic E-state index is 0.162. The van der Waals surface area contributed by atoms with Crippen LogP contribution in [-0.2, 0) is 9.59 Å². The van der Waals surface area contributed by atoms with Crippen LogP contribution in [0.2, 0.25) is 0 Å². The summed E-state index contributed by atoms with van der Waals surface area (Å²) in [6.07, 6.45) is 7.34. The third-order valence-electron chi connectivity index (χ3n) is 6.29. The average molecular weight is 390 g/mol. The van der Waals surface area contributed by atoms with Crippen molar-refractivity contribution >= 4 is 11.9 Å². The molecule has 5 nitrogen and oxygen atoms in total. The first-order valence-electron chi connectivity index (χ1n) is 10.7. The largest absolute Gasteiger partial charge is 0.480 e. The summed E-state index contributed by atoms with van der Waals surface area (Å²) in [7, 11) is 0. The molecule has 0 spiro atoms. The van der Waals surface area contributed by atoms with Gasteiger partial charge in [0.05, 0.1) is 0 Å². The maximum Gasteiger partial charge on any atom is 0.321 e. The van der Waals surface area contributed by atoms with Gasteiger partial charge in [-0.15, -0.1) is 0 Å². The number of hydrogen-bond acceptors (Lipinski definition) is 3. The number of hydrogen-bond donors (Lipinski definition) is 2. The fourth-order valence-corrected chi connectivity index (χ4v) is 4.62. The molecule has 1 saturated heterocycles. The van der Waals surface area contributed by atoms with E-state index in [2.05, 4.69) is 43.0 Å². The summed E-state index contributed by atoms with van der Waals surface area (Å²) in [4.78, 5) is 25.7. The minimum Gasteiger partial charge on any atom is -0.480 e. The third kappa shape index (κ3) is 5.13. The van der Waals surface area contributed by atoms with Gasteiger partial charge < -0.3 is 10.2 Å². The van der Waals surface area contributed by atoms with Gasteiger partial charge in [-0.3, -0.25) is 14.5 Å². The van der Waals surface area contributed by atoms with E-state index in [0.717, 1.165) is 19.3 Å². The highest BCUT2D eigenvalue weighted by molar-refractivity contribution is 5.98. The Bertz CT molecular complexity index is 607. The molecule has 1 heterocycles. The predicted molar refractivity (Wildman–Crippen MR) is 110 cm³/mol. The van der Waals surface area contributed by atoms with Crippen LogP contribution >= 0.6 is 0 Å². The minimum atomic E-state index is -1.64. The summed E-state index contributed by atoms with van der Waals surface area (Å²) in [5.41, 5.74) is -0.379. The van der Waals surface area contributed by atoms with E-state index in [1.807, 2.05) is 6.07 Å². The Labute approximate surface area is 168 Å². The molecule has 1 aromatic carbocycles. The van der Waals surface area contributed by atoms with Crippen molar-refractivity contribution in [3.05, 3.63) is 35.9 Å². The SMILES string of the molecule is CCCCCC(CCC)C(c1ccccc1)N1CCC(C(=O)O)(C(=O)O)CC1. The van der Waals surface area contributed by atoms with Gasteiger partial charge in [0.1, 0.15) is 0 Å². The molecule has 0 bridgehead atoms. The molecule has 2 rings (SSSR count). The number of likely N-dealkylation sites (tertiary alicyclic amines) is 1. The van der Waals surface area contributed by atoms with E-state index >= 15 is 0 Å². The summed E-state index contributed by atoms with van der Waals surface area (Å²) in [6.45, 7) is 5.44. The lowest BCUT2D eigenvalue weighted by Crippen LogP contribution is -2.50. The van der Waals surface area contributed by atoms with Crippen LogP contribution in [0.4, 0.5) is 0 Å². The van der Waals surface area contributed by atoms with Gasteiger partial charge in [-0.1, -0.05) is 69.9 Å². The summed E-state index contributed by atoms with van der Waals surface area (Å²) < 4.78 is 0. The van der Waals surface area contributed by atoms with E-state index in [9.17, 15) is 19.8 Å². The zero-order valence-electron chi connectivity index (χ0n) is 17.3. The number of benzene rings is 1. The Morgan fingerprint density at radius 3 is 2.07 bits per heavy atom. The van der Waals surface area contributed by atoms with Gasteiger partial charge in [-0.2, -0.15) is 0 Å². The summed E-state index contributed by atoms with van der Waals surface area (Å²) in [5.74, 6) is -1.91. The lowest BCUT2D eigenvalue weighted by Gasteiger charge is -2.43. The van der Waals surface area contributed by atoms with Crippen LogP contribution in [0, 0.1) is 11.3 Å². The van der Waals surface area contributed by atoms with E-state index < -0.39 is 17.4 Å². The van der Waals surface area contributed by atoms with Crippen molar-refractivity contribution in [3.63, 3.8) is 0 Å². The molecular weight excluding hydrogens is 354 g/mol. The molecule has 0 radical (unpaired) electrons. The molecule has 28 heavy (non-hydrogen) atoms. The smallest absolute Gasteiger partial charge is 0.321 e. The molecule has 0 saturated carbocycles. The van der Waals surface area contributed by atoms with Crippen LogP contribution in [0.1, 0.15) is 76.8 Å². The molecule has 1 aliphatic heterocycles. The third-order valence-corrected chi connectivity index (χ3v) is 6.29. The number of piperidine rings is 1. The monoisotopic (exact) mass is 389 g/mol. The fraction of sp³-hybridized carbons (Fsp3) is 0.652. The normalized spacial score (nSPS) is 19.1. The lowest BCUT2D eigenvalue weighted by molar-refractivity contribution is -0.169. The number of unbranched alkanes of at least 4 members (excludes halogenated alkanes) is 2. The first-order valence-corrected chi connectivity index (χ1v) is 10.7. The zero-order valence-corrected chi connectivity index (χ0v) is 17.3. The van der Waals surface area contributed by atoms with Gasteiger partial charge in [0.25, 0.3) is 0 Å². The van der Waals surface area contributed by atoms with Gasteiger partial charge in [0.15, 0.2) is 5.41 Å². The second-order valence-corrected chi connectivity index (χ2v) is 8.13. The predicted octanol–water partition coefficient (Wildman–Crippen LogP) is 4.98. The molecule has 2 atom stereocenters. The Kier molecular flexibility index (Phi) is 8.49. The number of rotatable bonds is 11. The number of nitrogens with zero attached hydrogens (tertiary/aromatic N) is 1. The van der Waals surface area contributed by atoms with Crippen molar-refractivity contribution in [3.8, 4) is 0 Å². The molecule has 1 fully saturated rings. The Hall–Kier alpha value is -1.88. The van der Waals surface area contributed by atoms with Crippen molar-refractivity contribution in [1.29, 1.82) is 0 Å². The second kappa shape index (κ2) is 10.6. The van der Waals surface area contributed by atoms with Crippen LogP contribution in [-0.4, -0.2) is 40.1 Å². The first kappa shape index (κ1) is 22.4. The van der Waals surface area contributed by atoms with Crippen molar-refractivity contribution in [2.75, 3.05) is 13.1 Å². The maximum atomic E-state index is 11.7. The lowest BCUT2D eigenvalue weighted by atomic mass is 9.76. The molecule has 1 aliphatic rings. The van der Waals surface area contributed by atoms with Gasteiger partial charge >= 0.3 is 11.9 Å². The highest BCUT2D eigenvalue weighted by Crippen LogP contribution is 2.40. The van der Waals surface area contributed by atoms with E-state index in [0.29, 0.717) is 19.0 Å². The summed E-state index contributed by atoms with van der Waals surface area (Å²) >= 11 is 0. The van der Waals surface area contributed by atoms with Crippen molar-refractivity contribution in [1.82, 2.24) is 4.90 Å². The maximum absolute atomic E-state index is 11.7. The van der Waals surface area contributed by atoms with Crippen molar-refractivity contribution in [2.45, 2.75) is 71.3 Å². The van der Waals surface area contributed by atoms with E-state index in [1.165, 1.54) is 24.8 Å². The molecular formula is C23H35NO4. The van der Waals surface area contributed by atoms with Crippen LogP contribution in [0.25, 0.3) is 0 Å². The quantitative estimate of drug-likeness (QED) is 0.412. The standard InChI is InChI=1S/C23H35NO4/c1-3-5-7-11-18(10-4-2)20(19-12-8-6-9-13-19)24-16-14-23(15-17-24,21(25)26)22(27)28/h6,8-9,12-13,18,20H,3-5,7,10-11,14-17H2,1-2H3,(H,25,26)(H,27,28). The zero-order chi connectivity index (χ0) is 20.6. The van der Waals surface area contributed by atoms with Gasteiger partial charge in [0.2, 0.25) is 0 Å². The molecule has 0 aromatic heterocycles. The highest BCUT2D eigenvalue weighted by atomic mass is 16.4. The topological polar surface area (TPSA) is 77.8 Å². The summed E-state index contributed by atoms with van der Waals surface area (Å²) in [6, 6.07) is 10.7. The average Bonchev–Trinajstić information content (AvgIpc) is 2.69. The molecule has 0 amide bonds. The van der Waals surface area contributed by atoms with Crippen LogP contribution in [0.15, 0.2) is 30.3 Å². The first-order chi connectivity index (χ1) is 13.5. The molecule has 2 unspecified atom stereocenters. The van der Waals surface area contributed by atoms with Crippen LogP contribution < -0.4 is 0 Å². The molecule has 2 N–H and O–H groups in total. The van der Waals surface area contributed by atoms with E-state index in [1.54, 1.807) is 0 Å². The van der Waals surface area contributed by atoms with Gasteiger partial charge in [0, 0.05) is 19.1 Å². The molecule has 5 heteroatoms. The molecule has 156 valence electrons. The number of carboxylic acids is 2. The van der Waals surface area contributed by atoms with Crippen molar-refractivity contribution < 1.29 is 19.8 Å². The fourth-order valence-electron chi connectivity index (χ4n) is 4.62. The highest BCUT2D eigenvalue weighted by Gasteiger charge is 2.49. The van der Waals surface area contributed by atoms with Crippen LogP contribution in [0.3, 0.4) is 0 Å². The second-order valence-electron chi connectivity index (χ2n) is 8.13. The van der Waals surface area contributed by atoms with Gasteiger partial charge in [-0.25, -0.2) is 0 Å². The molecule has 0 aliphatic carbocycles. The van der Waals surface area contributed by atoms with Crippen molar-refractivity contribution in [2.24, 2.45) is 11.3 Å². The number of carboxylic acid groups (broad SMARTS) is 2. The van der Waals surface area contributed by atoms with Gasteiger partial charge in [-0.05, 0) is 37.2 Å². The van der Waals surface area contributed by atoms with E-state index in [-0.39, 0.29) is 18.9 Å². The Morgan fingerprint density at radius 2 is 1.57 bits per heavy atom.